The quantitative estimate of drug-likeness (QED) is 0.0607. The predicted octanol–water partition coefficient (Wildman–Crippen LogP) is 12.5. The number of ether oxygens (including phenoxy) is 1. The van der Waals surface area contributed by atoms with Gasteiger partial charge in [0.05, 0.1) is 0 Å². The van der Waals surface area contributed by atoms with E-state index in [-0.39, 0.29) is 18.5 Å². The highest BCUT2D eigenvalue weighted by Gasteiger charge is 2.15. The fourth-order valence-corrected chi connectivity index (χ4v) is 5.84. The predicted molar refractivity (Wildman–Crippen MR) is 177 cm³/mol. The number of carboxylic acid groups (broad SMARTS) is 1. The van der Waals surface area contributed by atoms with Crippen LogP contribution in [0.1, 0.15) is 219 Å². The number of carbonyl (C=O) groups is 2. The van der Waals surface area contributed by atoms with E-state index < -0.39 is 5.97 Å². The number of rotatable bonds is 34. The summed E-state index contributed by atoms with van der Waals surface area (Å²) in [6.07, 6.45) is 38.3. The molecule has 0 spiro atoms. The molecule has 41 heavy (non-hydrogen) atoms. The third kappa shape index (κ3) is 33.3. The monoisotopic (exact) mass is 581 g/mol. The van der Waals surface area contributed by atoms with Gasteiger partial charge < -0.3 is 9.84 Å². The highest BCUT2D eigenvalue weighted by Crippen LogP contribution is 2.18. The van der Waals surface area contributed by atoms with Crippen LogP contribution in [0, 0.1) is 0 Å². The number of unbranched alkanes of at least 4 members (excludes halogenated alkanes) is 25. The van der Waals surface area contributed by atoms with E-state index in [9.17, 15) is 9.59 Å². The molecule has 0 rings (SSSR count). The molecule has 0 aliphatic rings. The Labute approximate surface area is 256 Å². The lowest BCUT2D eigenvalue weighted by Gasteiger charge is -2.18. The minimum atomic E-state index is -0.765. The summed E-state index contributed by atoms with van der Waals surface area (Å²) in [5.41, 5.74) is 0. The van der Waals surface area contributed by atoms with Crippen LogP contribution in [0.15, 0.2) is 0 Å². The van der Waals surface area contributed by atoms with Crippen molar-refractivity contribution in [2.24, 2.45) is 0 Å². The summed E-state index contributed by atoms with van der Waals surface area (Å²) in [6.45, 7) is 4.54. The Morgan fingerprint density at radius 1 is 0.439 bits per heavy atom. The number of hydrogen-bond donors (Lipinski definition) is 1. The van der Waals surface area contributed by atoms with Crippen LogP contribution in [-0.4, -0.2) is 23.1 Å². The second-order valence-electron chi connectivity index (χ2n) is 12.8. The van der Waals surface area contributed by atoms with Gasteiger partial charge in [-0.25, -0.2) is 0 Å². The Bertz CT molecular complexity index is 547. The summed E-state index contributed by atoms with van der Waals surface area (Å²) in [4.78, 5) is 23.4. The third-order valence-electron chi connectivity index (χ3n) is 8.58. The van der Waals surface area contributed by atoms with Crippen molar-refractivity contribution in [1.29, 1.82) is 0 Å². The zero-order chi connectivity index (χ0) is 30.1. The van der Waals surface area contributed by atoms with Gasteiger partial charge in [-0.2, -0.15) is 0 Å². The molecule has 0 heterocycles. The SMILES string of the molecule is CCCCCCCCCCCCCCCCCC(CCCC(=O)O)OC(=O)CCCCCCCCCCCCCC. The molecule has 244 valence electrons. The zero-order valence-electron chi connectivity index (χ0n) is 27.9. The van der Waals surface area contributed by atoms with Crippen molar-refractivity contribution < 1.29 is 19.4 Å². The molecule has 4 heteroatoms. The molecular weight excluding hydrogens is 508 g/mol. The van der Waals surface area contributed by atoms with Crippen LogP contribution in [0.3, 0.4) is 0 Å². The van der Waals surface area contributed by atoms with E-state index in [1.54, 1.807) is 0 Å². The van der Waals surface area contributed by atoms with Crippen LogP contribution >= 0.6 is 0 Å². The summed E-state index contributed by atoms with van der Waals surface area (Å²) in [7, 11) is 0. The first-order valence-corrected chi connectivity index (χ1v) is 18.5. The van der Waals surface area contributed by atoms with Crippen LogP contribution in [0.2, 0.25) is 0 Å². The standard InChI is InChI=1S/C37H72O4/c1-3-5-7-9-11-13-15-17-18-19-20-22-24-26-28-31-35(32-30-33-36(38)39)41-37(40)34-29-27-25-23-21-16-14-12-10-8-6-4-2/h35H,3-34H2,1-2H3,(H,38,39). The number of carboxylic acids is 1. The fourth-order valence-electron chi connectivity index (χ4n) is 5.84. The molecule has 0 aromatic carbocycles. The summed E-state index contributed by atoms with van der Waals surface area (Å²) >= 11 is 0. The number of aliphatic carboxylic acids is 1. The van der Waals surface area contributed by atoms with E-state index in [0.717, 1.165) is 25.7 Å². The first-order chi connectivity index (χ1) is 20.1. The number of esters is 1. The van der Waals surface area contributed by atoms with Gasteiger partial charge in [0.2, 0.25) is 0 Å². The third-order valence-corrected chi connectivity index (χ3v) is 8.58. The van der Waals surface area contributed by atoms with Crippen molar-refractivity contribution in [1.82, 2.24) is 0 Å². The molecule has 0 saturated carbocycles. The second kappa shape index (κ2) is 33.4. The van der Waals surface area contributed by atoms with Gasteiger partial charge in [0.15, 0.2) is 0 Å². The van der Waals surface area contributed by atoms with Crippen LogP contribution in [0.25, 0.3) is 0 Å². The highest BCUT2D eigenvalue weighted by atomic mass is 16.5. The van der Waals surface area contributed by atoms with Gasteiger partial charge >= 0.3 is 11.9 Å². The van der Waals surface area contributed by atoms with Crippen molar-refractivity contribution >= 4 is 11.9 Å². The molecular formula is C37H72O4. The molecule has 1 atom stereocenters. The maximum atomic E-state index is 12.5. The number of carbonyl (C=O) groups excluding carboxylic acids is 1. The zero-order valence-corrected chi connectivity index (χ0v) is 27.9. The molecule has 0 aliphatic heterocycles. The van der Waals surface area contributed by atoms with Gasteiger partial charge in [-0.15, -0.1) is 0 Å². The van der Waals surface area contributed by atoms with Crippen molar-refractivity contribution in [3.8, 4) is 0 Å². The molecule has 0 saturated heterocycles. The van der Waals surface area contributed by atoms with Crippen LogP contribution in [0.5, 0.6) is 0 Å². The minimum absolute atomic E-state index is 0.0848. The number of hydrogen-bond acceptors (Lipinski definition) is 3. The lowest BCUT2D eigenvalue weighted by atomic mass is 10.0. The van der Waals surface area contributed by atoms with Gasteiger partial charge in [-0.05, 0) is 32.1 Å². The Kier molecular flexibility index (Phi) is 32.6. The summed E-state index contributed by atoms with van der Waals surface area (Å²) in [6, 6.07) is 0. The van der Waals surface area contributed by atoms with E-state index in [1.165, 1.54) is 154 Å². The first-order valence-electron chi connectivity index (χ1n) is 18.5. The second-order valence-corrected chi connectivity index (χ2v) is 12.8. The van der Waals surface area contributed by atoms with E-state index in [4.69, 9.17) is 9.84 Å². The van der Waals surface area contributed by atoms with Crippen LogP contribution in [0.4, 0.5) is 0 Å². The molecule has 0 aromatic heterocycles. The van der Waals surface area contributed by atoms with Gasteiger partial charge in [0.1, 0.15) is 6.10 Å². The van der Waals surface area contributed by atoms with E-state index in [0.29, 0.717) is 19.3 Å². The van der Waals surface area contributed by atoms with Crippen molar-refractivity contribution in [2.45, 2.75) is 225 Å². The van der Waals surface area contributed by atoms with Crippen molar-refractivity contribution in [3.63, 3.8) is 0 Å². The average molecular weight is 581 g/mol. The molecule has 1 unspecified atom stereocenters. The summed E-state index contributed by atoms with van der Waals surface area (Å²) in [5, 5.41) is 9.00. The van der Waals surface area contributed by atoms with Gasteiger partial charge in [0, 0.05) is 12.8 Å². The van der Waals surface area contributed by atoms with Crippen molar-refractivity contribution in [2.75, 3.05) is 0 Å². The Morgan fingerprint density at radius 3 is 1.12 bits per heavy atom. The smallest absolute Gasteiger partial charge is 0.306 e. The van der Waals surface area contributed by atoms with Gasteiger partial charge in [-0.1, -0.05) is 174 Å². The molecule has 0 radical (unpaired) electrons. The van der Waals surface area contributed by atoms with Gasteiger partial charge in [-0.3, -0.25) is 9.59 Å². The van der Waals surface area contributed by atoms with E-state index in [1.807, 2.05) is 0 Å². The lowest BCUT2D eigenvalue weighted by Crippen LogP contribution is -2.18. The maximum absolute atomic E-state index is 12.5. The summed E-state index contributed by atoms with van der Waals surface area (Å²) in [5.74, 6) is -0.850. The minimum Gasteiger partial charge on any atom is -0.481 e. The van der Waals surface area contributed by atoms with E-state index >= 15 is 0 Å². The average Bonchev–Trinajstić information content (AvgIpc) is 2.95. The molecule has 4 nitrogen and oxygen atoms in total. The van der Waals surface area contributed by atoms with Crippen molar-refractivity contribution in [3.05, 3.63) is 0 Å². The van der Waals surface area contributed by atoms with Crippen LogP contribution < -0.4 is 0 Å². The normalized spacial score (nSPS) is 12.0. The van der Waals surface area contributed by atoms with Gasteiger partial charge in [0.25, 0.3) is 0 Å². The van der Waals surface area contributed by atoms with E-state index in [2.05, 4.69) is 13.8 Å². The molecule has 0 amide bonds. The topological polar surface area (TPSA) is 63.6 Å². The Morgan fingerprint density at radius 2 is 0.756 bits per heavy atom. The molecule has 0 bridgehead atoms. The largest absolute Gasteiger partial charge is 0.481 e. The molecule has 0 aromatic rings. The molecule has 0 fully saturated rings. The molecule has 1 N–H and O–H groups in total. The highest BCUT2D eigenvalue weighted by molar-refractivity contribution is 5.69. The summed E-state index contributed by atoms with van der Waals surface area (Å²) < 4.78 is 5.82. The molecule has 0 aliphatic carbocycles. The maximum Gasteiger partial charge on any atom is 0.306 e. The first kappa shape index (κ1) is 39.9. The lowest BCUT2D eigenvalue weighted by molar-refractivity contribution is -0.150. The fraction of sp³-hybridized carbons (Fsp3) is 0.946. The Balaban J connectivity index is 3.79. The Hall–Kier alpha value is -1.06. The van der Waals surface area contributed by atoms with Crippen LogP contribution in [-0.2, 0) is 14.3 Å².